The van der Waals surface area contributed by atoms with Crippen LogP contribution in [0.1, 0.15) is 18.1 Å². The number of rotatable bonds is 7. The van der Waals surface area contributed by atoms with Crippen molar-refractivity contribution in [3.63, 3.8) is 0 Å². The van der Waals surface area contributed by atoms with Gasteiger partial charge in [-0.2, -0.15) is 0 Å². The summed E-state index contributed by atoms with van der Waals surface area (Å²) in [5.74, 6) is -0.206. The largest absolute Gasteiger partial charge is 0.494 e. The van der Waals surface area contributed by atoms with Crippen molar-refractivity contribution in [1.82, 2.24) is 4.90 Å². The van der Waals surface area contributed by atoms with Crippen LogP contribution in [0.2, 0.25) is 0 Å². The number of hydrogen-bond donors (Lipinski definition) is 1. The highest BCUT2D eigenvalue weighted by atomic mass is 16.5. The van der Waals surface area contributed by atoms with Crippen molar-refractivity contribution in [3.8, 4) is 5.75 Å². The molecule has 146 valence electrons. The first-order chi connectivity index (χ1) is 13.5. The molecule has 0 atom stereocenters. The van der Waals surface area contributed by atoms with Gasteiger partial charge in [0.25, 0.3) is 11.8 Å². The predicted molar refractivity (Wildman–Crippen MR) is 108 cm³/mol. The highest BCUT2D eigenvalue weighted by Gasteiger charge is 2.41. The number of anilines is 1. The molecule has 0 fully saturated rings. The molecule has 2 aromatic rings. The van der Waals surface area contributed by atoms with Crippen molar-refractivity contribution in [2.45, 2.75) is 13.8 Å². The summed E-state index contributed by atoms with van der Waals surface area (Å²) in [4.78, 5) is 29.3. The minimum atomic E-state index is -0.412. The van der Waals surface area contributed by atoms with Crippen LogP contribution in [0, 0.1) is 6.92 Å². The van der Waals surface area contributed by atoms with Gasteiger partial charge < -0.3 is 14.7 Å². The first kappa shape index (κ1) is 19.6. The quantitative estimate of drug-likeness (QED) is 0.748. The molecule has 0 unspecified atom stereocenters. The van der Waals surface area contributed by atoms with Gasteiger partial charge in [-0.3, -0.25) is 9.59 Å². The fourth-order valence-electron chi connectivity index (χ4n) is 3.23. The molecule has 0 aromatic heterocycles. The van der Waals surface area contributed by atoms with Gasteiger partial charge in [0, 0.05) is 19.7 Å². The molecule has 28 heavy (non-hydrogen) atoms. The molecule has 0 radical (unpaired) electrons. The van der Waals surface area contributed by atoms with Crippen LogP contribution in [0.15, 0.2) is 54.2 Å². The lowest BCUT2D eigenvalue weighted by Gasteiger charge is -2.20. The maximum atomic E-state index is 13.3. The molecule has 0 aliphatic carbocycles. The Balaban J connectivity index is 2.09. The van der Waals surface area contributed by atoms with E-state index < -0.39 is 5.91 Å². The third-order valence-electron chi connectivity index (χ3n) is 4.60. The van der Waals surface area contributed by atoms with Crippen LogP contribution in [-0.2, 0) is 9.59 Å². The Hall–Kier alpha value is -3.12. The number of benzene rings is 2. The standard InChI is InChI=1S/C22H24N2O4/c1-4-28-18-7-5-6-17(14-18)24-21(26)19(16-10-8-15(2)9-11-16)20(22(24)27)23(3)12-13-25/h5-11,14,25H,4,12-13H2,1-3H3. The maximum absolute atomic E-state index is 13.3. The second-order valence-electron chi connectivity index (χ2n) is 6.61. The molecule has 1 N–H and O–H groups in total. The smallest absolute Gasteiger partial charge is 0.282 e. The molecule has 0 saturated heterocycles. The number of aryl methyl sites for hydroxylation is 1. The van der Waals surface area contributed by atoms with E-state index in [1.54, 1.807) is 36.2 Å². The van der Waals surface area contributed by atoms with Gasteiger partial charge in [0.05, 0.1) is 24.5 Å². The first-order valence-electron chi connectivity index (χ1n) is 9.22. The van der Waals surface area contributed by atoms with Crippen LogP contribution >= 0.6 is 0 Å². The molecule has 1 aliphatic heterocycles. The molecule has 1 aliphatic rings. The van der Waals surface area contributed by atoms with Crippen molar-refractivity contribution in [2.24, 2.45) is 0 Å². The number of aliphatic hydroxyl groups is 1. The summed E-state index contributed by atoms with van der Waals surface area (Å²) in [6, 6.07) is 14.4. The van der Waals surface area contributed by atoms with Crippen molar-refractivity contribution in [2.75, 3.05) is 31.7 Å². The zero-order valence-electron chi connectivity index (χ0n) is 16.3. The number of carbonyl (C=O) groups is 2. The van der Waals surface area contributed by atoms with E-state index in [1.165, 1.54) is 4.90 Å². The molecule has 0 bridgehead atoms. The van der Waals surface area contributed by atoms with Crippen LogP contribution in [-0.4, -0.2) is 48.6 Å². The Morgan fingerprint density at radius 2 is 1.79 bits per heavy atom. The number of nitrogens with zero attached hydrogens (tertiary/aromatic N) is 2. The molecule has 1 heterocycles. The molecule has 0 spiro atoms. The third-order valence-corrected chi connectivity index (χ3v) is 4.60. The van der Waals surface area contributed by atoms with Crippen LogP contribution in [0.5, 0.6) is 5.75 Å². The van der Waals surface area contributed by atoms with Gasteiger partial charge in [-0.05, 0) is 31.5 Å². The number of ether oxygens (including phenoxy) is 1. The number of amides is 2. The number of hydrogen-bond acceptors (Lipinski definition) is 5. The SMILES string of the molecule is CCOc1cccc(N2C(=O)C(c3ccc(C)cc3)=C(N(C)CCO)C2=O)c1. The van der Waals surface area contributed by atoms with Crippen molar-refractivity contribution < 1.29 is 19.4 Å². The number of aliphatic hydroxyl groups excluding tert-OH is 1. The molecular formula is C22H24N2O4. The van der Waals surface area contributed by atoms with E-state index in [2.05, 4.69) is 0 Å². The normalized spacial score (nSPS) is 14.1. The zero-order chi connectivity index (χ0) is 20.3. The molecule has 6 nitrogen and oxygen atoms in total. The van der Waals surface area contributed by atoms with Gasteiger partial charge in [-0.1, -0.05) is 35.9 Å². The van der Waals surface area contributed by atoms with Gasteiger partial charge in [0.1, 0.15) is 11.4 Å². The summed E-state index contributed by atoms with van der Waals surface area (Å²) >= 11 is 0. The highest BCUT2D eigenvalue weighted by Crippen LogP contribution is 2.35. The number of likely N-dealkylation sites (N-methyl/N-ethyl adjacent to an activating group) is 1. The van der Waals surface area contributed by atoms with E-state index in [0.717, 1.165) is 5.56 Å². The molecule has 0 saturated carbocycles. The van der Waals surface area contributed by atoms with E-state index in [-0.39, 0.29) is 24.8 Å². The number of carbonyl (C=O) groups excluding carboxylic acids is 2. The monoisotopic (exact) mass is 380 g/mol. The Morgan fingerprint density at radius 1 is 1.07 bits per heavy atom. The van der Waals surface area contributed by atoms with E-state index in [9.17, 15) is 14.7 Å². The summed E-state index contributed by atoms with van der Waals surface area (Å²) < 4.78 is 5.51. The van der Waals surface area contributed by atoms with Crippen LogP contribution in [0.25, 0.3) is 5.57 Å². The van der Waals surface area contributed by atoms with Gasteiger partial charge in [0.15, 0.2) is 0 Å². The number of imide groups is 1. The van der Waals surface area contributed by atoms with Crippen molar-refractivity contribution >= 4 is 23.1 Å². The Morgan fingerprint density at radius 3 is 2.43 bits per heavy atom. The highest BCUT2D eigenvalue weighted by molar-refractivity contribution is 6.45. The maximum Gasteiger partial charge on any atom is 0.282 e. The summed E-state index contributed by atoms with van der Waals surface area (Å²) in [6.45, 7) is 4.45. The second kappa shape index (κ2) is 8.27. The van der Waals surface area contributed by atoms with Gasteiger partial charge >= 0.3 is 0 Å². The lowest BCUT2D eigenvalue weighted by Crippen LogP contribution is -2.34. The van der Waals surface area contributed by atoms with Crippen molar-refractivity contribution in [3.05, 3.63) is 65.4 Å². The van der Waals surface area contributed by atoms with Crippen LogP contribution in [0.3, 0.4) is 0 Å². The van der Waals surface area contributed by atoms with E-state index >= 15 is 0 Å². The minimum Gasteiger partial charge on any atom is -0.494 e. The average molecular weight is 380 g/mol. The topological polar surface area (TPSA) is 70.1 Å². The molecule has 2 aromatic carbocycles. The summed E-state index contributed by atoms with van der Waals surface area (Å²) in [5, 5.41) is 9.33. The molecule has 3 rings (SSSR count). The summed E-state index contributed by atoms with van der Waals surface area (Å²) in [7, 11) is 1.70. The van der Waals surface area contributed by atoms with E-state index in [0.29, 0.717) is 29.2 Å². The van der Waals surface area contributed by atoms with Gasteiger partial charge in [-0.15, -0.1) is 0 Å². The molecular weight excluding hydrogens is 356 g/mol. The third kappa shape index (κ3) is 3.64. The Bertz CT molecular complexity index is 918. The van der Waals surface area contributed by atoms with Gasteiger partial charge in [0.2, 0.25) is 0 Å². The second-order valence-corrected chi connectivity index (χ2v) is 6.61. The fourth-order valence-corrected chi connectivity index (χ4v) is 3.23. The van der Waals surface area contributed by atoms with Crippen LogP contribution < -0.4 is 9.64 Å². The lowest BCUT2D eigenvalue weighted by molar-refractivity contribution is -0.120. The van der Waals surface area contributed by atoms with E-state index in [1.807, 2.05) is 38.1 Å². The molecule has 6 heteroatoms. The van der Waals surface area contributed by atoms with E-state index in [4.69, 9.17) is 4.74 Å². The lowest BCUT2D eigenvalue weighted by atomic mass is 10.0. The average Bonchev–Trinajstić information content (AvgIpc) is 2.93. The fraction of sp³-hybridized carbons (Fsp3) is 0.273. The minimum absolute atomic E-state index is 0.123. The molecule has 2 amide bonds. The Kier molecular flexibility index (Phi) is 5.80. The van der Waals surface area contributed by atoms with Crippen molar-refractivity contribution in [1.29, 1.82) is 0 Å². The Labute approximate surface area is 164 Å². The zero-order valence-corrected chi connectivity index (χ0v) is 16.3. The summed E-state index contributed by atoms with van der Waals surface area (Å²) in [6.07, 6.45) is 0. The first-order valence-corrected chi connectivity index (χ1v) is 9.22. The van der Waals surface area contributed by atoms with Crippen LogP contribution in [0.4, 0.5) is 5.69 Å². The predicted octanol–water partition coefficient (Wildman–Crippen LogP) is 2.60. The van der Waals surface area contributed by atoms with Gasteiger partial charge in [-0.25, -0.2) is 4.90 Å². The summed E-state index contributed by atoms with van der Waals surface area (Å²) in [5.41, 5.74) is 2.81.